The van der Waals surface area contributed by atoms with E-state index in [1.807, 2.05) is 50.3 Å². The fourth-order valence-corrected chi connectivity index (χ4v) is 0.589. The number of allylic oxidation sites excluding steroid dienone is 4. The van der Waals surface area contributed by atoms with E-state index in [1.54, 1.807) is 12.2 Å². The molecule has 0 aliphatic heterocycles. The van der Waals surface area contributed by atoms with Gasteiger partial charge in [0.05, 0.1) is 0 Å². The lowest BCUT2D eigenvalue weighted by atomic mass is 10.2. The van der Waals surface area contributed by atoms with Gasteiger partial charge in [0.15, 0.2) is 0 Å². The summed E-state index contributed by atoms with van der Waals surface area (Å²) in [6, 6.07) is 10.0. The number of hydrogen-bond donors (Lipinski definition) is 0. The summed E-state index contributed by atoms with van der Waals surface area (Å²) in [6.45, 7) is 21.5. The molecule has 0 bridgehead atoms. The minimum Gasteiger partial charge on any atom is -0.0988 e. The molecule has 0 aromatic heterocycles. The molecule has 1 aromatic rings. The van der Waals surface area contributed by atoms with Crippen molar-refractivity contribution in [2.45, 2.75) is 13.8 Å². The third-order valence-corrected chi connectivity index (χ3v) is 1.73. The lowest BCUT2D eigenvalue weighted by Crippen LogP contribution is -1.63. The van der Waals surface area contributed by atoms with Gasteiger partial charge < -0.3 is 0 Å². The fourth-order valence-electron chi connectivity index (χ4n) is 0.589. The van der Waals surface area contributed by atoms with Crippen LogP contribution in [-0.4, -0.2) is 0 Å². The van der Waals surface area contributed by atoms with E-state index in [9.17, 15) is 0 Å². The molecule has 18 heavy (non-hydrogen) atoms. The summed E-state index contributed by atoms with van der Waals surface area (Å²) in [7, 11) is 0. The summed E-state index contributed by atoms with van der Waals surface area (Å²) in [4.78, 5) is 0. The molecule has 0 aliphatic carbocycles. The normalized spacial score (nSPS) is 7.44. The van der Waals surface area contributed by atoms with Crippen LogP contribution in [-0.2, 0) is 0 Å². The van der Waals surface area contributed by atoms with E-state index in [1.165, 1.54) is 5.56 Å². The molecule has 0 fully saturated rings. The van der Waals surface area contributed by atoms with Crippen LogP contribution < -0.4 is 0 Å². The Morgan fingerprint density at radius 1 is 0.833 bits per heavy atom. The van der Waals surface area contributed by atoms with Gasteiger partial charge in [-0.25, -0.2) is 0 Å². The Bertz CT molecular complexity index is 362. The van der Waals surface area contributed by atoms with Crippen molar-refractivity contribution in [3.05, 3.63) is 92.1 Å². The van der Waals surface area contributed by atoms with Gasteiger partial charge in [0.25, 0.3) is 0 Å². The molecule has 0 saturated heterocycles. The molecule has 0 unspecified atom stereocenters. The third-order valence-electron chi connectivity index (χ3n) is 1.73. The molecule has 0 aliphatic rings. The van der Waals surface area contributed by atoms with Gasteiger partial charge in [-0.3, -0.25) is 0 Å². The smallest absolute Gasteiger partial charge is 0.0263 e. The van der Waals surface area contributed by atoms with E-state index in [0.717, 1.165) is 11.1 Å². The monoisotopic (exact) mass is 240 g/mol. The molecule has 0 heteroatoms. The zero-order valence-corrected chi connectivity index (χ0v) is 11.7. The van der Waals surface area contributed by atoms with Crippen LogP contribution in [0.2, 0.25) is 0 Å². The minimum atomic E-state index is 1.02. The highest BCUT2D eigenvalue weighted by Gasteiger charge is 1.75. The largest absolute Gasteiger partial charge is 0.0988 e. The van der Waals surface area contributed by atoms with E-state index >= 15 is 0 Å². The quantitative estimate of drug-likeness (QED) is 0.583. The maximum atomic E-state index is 3.63. The number of rotatable bonds is 3. The highest BCUT2D eigenvalue weighted by Crippen LogP contribution is 1.97. The highest BCUT2D eigenvalue weighted by atomic mass is 13.8. The van der Waals surface area contributed by atoms with Gasteiger partial charge >= 0.3 is 0 Å². The van der Waals surface area contributed by atoms with Crippen LogP contribution in [0.4, 0.5) is 0 Å². The average Bonchev–Trinajstić information content (AvgIpc) is 2.41. The van der Waals surface area contributed by atoms with Crippen molar-refractivity contribution in [2.75, 3.05) is 0 Å². The van der Waals surface area contributed by atoms with Gasteiger partial charge in [0.2, 0.25) is 0 Å². The summed E-state index contributed by atoms with van der Waals surface area (Å²) in [5, 5.41) is 0. The molecular weight excluding hydrogens is 216 g/mol. The van der Waals surface area contributed by atoms with Crippen molar-refractivity contribution in [1.29, 1.82) is 0 Å². The van der Waals surface area contributed by atoms with E-state index in [4.69, 9.17) is 0 Å². The Morgan fingerprint density at radius 2 is 1.17 bits per heavy atom. The Kier molecular flexibility index (Phi) is 13.2. The first kappa shape index (κ1) is 18.3. The van der Waals surface area contributed by atoms with Gasteiger partial charge in [-0.1, -0.05) is 92.6 Å². The topological polar surface area (TPSA) is 0 Å². The van der Waals surface area contributed by atoms with Crippen LogP contribution in [0, 0.1) is 0 Å². The molecule has 0 atom stereocenters. The van der Waals surface area contributed by atoms with E-state index in [-0.39, 0.29) is 0 Å². The van der Waals surface area contributed by atoms with Crippen LogP contribution in [0.5, 0.6) is 0 Å². The van der Waals surface area contributed by atoms with Crippen molar-refractivity contribution in [3.63, 3.8) is 0 Å². The molecule has 0 heterocycles. The molecule has 0 N–H and O–H groups in total. The fraction of sp³-hybridized carbons (Fsp3) is 0.111. The zero-order chi connectivity index (χ0) is 14.4. The summed E-state index contributed by atoms with van der Waals surface area (Å²) < 4.78 is 0. The van der Waals surface area contributed by atoms with Crippen LogP contribution in [0.15, 0.2) is 86.5 Å². The summed E-state index contributed by atoms with van der Waals surface area (Å²) in [5.41, 5.74) is 3.21. The van der Waals surface area contributed by atoms with Crippen LogP contribution in [0.1, 0.15) is 19.4 Å². The molecular formula is C18H24. The van der Waals surface area contributed by atoms with Gasteiger partial charge in [0, 0.05) is 0 Å². The molecule has 0 spiro atoms. The van der Waals surface area contributed by atoms with Crippen molar-refractivity contribution in [2.24, 2.45) is 0 Å². The Morgan fingerprint density at radius 3 is 1.33 bits per heavy atom. The molecule has 96 valence electrons. The van der Waals surface area contributed by atoms with Gasteiger partial charge in [-0.05, 0) is 19.4 Å². The Labute approximate surface area is 112 Å². The molecule has 0 amide bonds. The molecule has 0 saturated carbocycles. The first-order valence-electron chi connectivity index (χ1n) is 5.71. The molecule has 1 aromatic carbocycles. The first-order chi connectivity index (χ1) is 8.47. The maximum Gasteiger partial charge on any atom is -0.0263 e. The second kappa shape index (κ2) is 13.0. The SMILES string of the molecule is C=CC(=C)C.C=CC(=C)C.C=Cc1ccccc1. The summed E-state index contributed by atoms with van der Waals surface area (Å²) >= 11 is 0. The summed E-state index contributed by atoms with van der Waals surface area (Å²) in [5.74, 6) is 0. The predicted octanol–water partition coefficient (Wildman–Crippen LogP) is 5.83. The maximum absolute atomic E-state index is 3.63. The minimum absolute atomic E-state index is 1.02. The van der Waals surface area contributed by atoms with E-state index in [2.05, 4.69) is 32.9 Å². The van der Waals surface area contributed by atoms with Crippen LogP contribution in [0.25, 0.3) is 6.08 Å². The molecule has 0 radical (unpaired) electrons. The second-order valence-electron chi connectivity index (χ2n) is 3.72. The molecule has 1 rings (SSSR count). The van der Waals surface area contributed by atoms with Crippen LogP contribution in [0.3, 0.4) is 0 Å². The Balaban J connectivity index is 0. The second-order valence-corrected chi connectivity index (χ2v) is 3.72. The average molecular weight is 240 g/mol. The van der Waals surface area contributed by atoms with E-state index < -0.39 is 0 Å². The number of hydrogen-bond acceptors (Lipinski definition) is 0. The Hall–Kier alpha value is -2.08. The lowest BCUT2D eigenvalue weighted by Gasteiger charge is -1.85. The zero-order valence-electron chi connectivity index (χ0n) is 11.7. The lowest BCUT2D eigenvalue weighted by molar-refractivity contribution is 1.58. The van der Waals surface area contributed by atoms with Crippen LogP contribution >= 0.6 is 0 Å². The predicted molar refractivity (Wildman–Crippen MR) is 86.6 cm³/mol. The molecule has 0 nitrogen and oxygen atoms in total. The van der Waals surface area contributed by atoms with Crippen molar-refractivity contribution in [1.82, 2.24) is 0 Å². The summed E-state index contributed by atoms with van der Waals surface area (Å²) in [6.07, 6.45) is 5.28. The van der Waals surface area contributed by atoms with Crippen molar-refractivity contribution >= 4 is 6.08 Å². The third kappa shape index (κ3) is 16.4. The van der Waals surface area contributed by atoms with Gasteiger partial charge in [-0.2, -0.15) is 0 Å². The van der Waals surface area contributed by atoms with Crippen molar-refractivity contribution < 1.29 is 0 Å². The highest BCUT2D eigenvalue weighted by molar-refractivity contribution is 5.45. The number of benzene rings is 1. The van der Waals surface area contributed by atoms with E-state index in [0.29, 0.717) is 0 Å². The standard InChI is InChI=1S/C8H8.2C5H8/c1-2-8-6-4-3-5-7-8;2*1-4-5(2)3/h2-7H,1H2;2*4H,1-2H2,3H3. The van der Waals surface area contributed by atoms with Crippen molar-refractivity contribution in [3.8, 4) is 0 Å². The van der Waals surface area contributed by atoms with Gasteiger partial charge in [0.1, 0.15) is 0 Å². The van der Waals surface area contributed by atoms with Gasteiger partial charge in [-0.15, -0.1) is 0 Å². The first-order valence-corrected chi connectivity index (χ1v) is 5.71.